The third-order valence-electron chi connectivity index (χ3n) is 5.50. The smallest absolute Gasteiger partial charge is 0.299 e. The van der Waals surface area contributed by atoms with Crippen molar-refractivity contribution in [2.75, 3.05) is 32.5 Å². The second-order valence-corrected chi connectivity index (χ2v) is 8.76. The molecule has 1 aromatic heterocycles. The number of carbonyl (C=O) groups excluding carboxylic acids is 1. The topological polar surface area (TPSA) is 88.5 Å². The molecule has 4 rings (SSSR count). The van der Waals surface area contributed by atoms with Crippen LogP contribution in [0.5, 0.6) is 11.5 Å². The maximum Gasteiger partial charge on any atom is 0.299 e. The number of likely N-dealkylation sites (N-methyl/N-ethyl adjacent to an activating group) is 1. The quantitative estimate of drug-likeness (QED) is 0.351. The molecule has 0 saturated heterocycles. The van der Waals surface area contributed by atoms with Gasteiger partial charge in [-0.1, -0.05) is 23.8 Å². The SMILES string of the molecule is Cc1ccc(Oc2cnn(-c3ccc(F)cc3)c(=O)c2Nc2cccc(C(=O)NCCN(C)C)c2)cc1. The van der Waals surface area contributed by atoms with Crippen molar-refractivity contribution >= 4 is 17.3 Å². The highest BCUT2D eigenvalue weighted by molar-refractivity contribution is 5.95. The zero-order chi connectivity index (χ0) is 26.4. The largest absolute Gasteiger partial charge is 0.453 e. The van der Waals surface area contributed by atoms with E-state index in [-0.39, 0.29) is 17.3 Å². The van der Waals surface area contributed by atoms with Crippen molar-refractivity contribution in [3.05, 3.63) is 106 Å². The van der Waals surface area contributed by atoms with Gasteiger partial charge in [0.15, 0.2) is 11.4 Å². The summed E-state index contributed by atoms with van der Waals surface area (Å²) in [5.74, 6) is 0.0895. The van der Waals surface area contributed by atoms with Gasteiger partial charge in [-0.3, -0.25) is 9.59 Å². The molecule has 0 fully saturated rings. The molecular formula is C28H28FN5O3. The van der Waals surface area contributed by atoms with E-state index in [9.17, 15) is 14.0 Å². The average molecular weight is 502 g/mol. The lowest BCUT2D eigenvalue weighted by Gasteiger charge is -2.15. The number of aromatic nitrogens is 2. The fraction of sp³-hybridized carbons (Fsp3) is 0.179. The van der Waals surface area contributed by atoms with Gasteiger partial charge in [0.05, 0.1) is 11.9 Å². The number of hydrogen-bond acceptors (Lipinski definition) is 6. The van der Waals surface area contributed by atoms with Gasteiger partial charge in [0.25, 0.3) is 11.5 Å². The number of nitrogens with zero attached hydrogens (tertiary/aromatic N) is 3. The van der Waals surface area contributed by atoms with Crippen LogP contribution in [0.4, 0.5) is 15.8 Å². The van der Waals surface area contributed by atoms with E-state index in [1.54, 1.807) is 36.4 Å². The minimum absolute atomic E-state index is 0.116. The lowest BCUT2D eigenvalue weighted by atomic mass is 10.2. The Morgan fingerprint density at radius 1 is 1.05 bits per heavy atom. The van der Waals surface area contributed by atoms with Gasteiger partial charge in [0.1, 0.15) is 11.6 Å². The molecule has 1 heterocycles. The summed E-state index contributed by atoms with van der Waals surface area (Å²) in [6, 6.07) is 19.6. The Balaban J connectivity index is 1.68. The molecule has 0 unspecified atom stereocenters. The van der Waals surface area contributed by atoms with Crippen LogP contribution in [0.2, 0.25) is 0 Å². The fourth-order valence-corrected chi connectivity index (χ4v) is 3.51. The average Bonchev–Trinajstić information content (AvgIpc) is 2.88. The van der Waals surface area contributed by atoms with E-state index in [4.69, 9.17) is 4.74 Å². The first-order chi connectivity index (χ1) is 17.8. The Morgan fingerprint density at radius 3 is 2.49 bits per heavy atom. The molecule has 3 aromatic carbocycles. The number of benzene rings is 3. The van der Waals surface area contributed by atoms with Gasteiger partial charge >= 0.3 is 0 Å². The molecule has 0 atom stereocenters. The van der Waals surface area contributed by atoms with Crippen molar-refractivity contribution < 1.29 is 13.9 Å². The lowest BCUT2D eigenvalue weighted by molar-refractivity contribution is 0.0951. The Morgan fingerprint density at radius 2 is 1.78 bits per heavy atom. The molecule has 0 radical (unpaired) electrons. The number of ether oxygens (including phenoxy) is 1. The molecule has 190 valence electrons. The van der Waals surface area contributed by atoms with E-state index >= 15 is 0 Å². The number of amides is 1. The Labute approximate surface area is 214 Å². The van der Waals surface area contributed by atoms with Crippen LogP contribution in [-0.2, 0) is 0 Å². The molecule has 0 bridgehead atoms. The van der Waals surface area contributed by atoms with Crippen LogP contribution in [0.25, 0.3) is 5.69 Å². The molecule has 8 nitrogen and oxygen atoms in total. The highest BCUT2D eigenvalue weighted by Crippen LogP contribution is 2.29. The van der Waals surface area contributed by atoms with Crippen molar-refractivity contribution in [3.63, 3.8) is 0 Å². The van der Waals surface area contributed by atoms with Crippen LogP contribution in [-0.4, -0.2) is 47.8 Å². The Bertz CT molecular complexity index is 1430. The van der Waals surface area contributed by atoms with Gasteiger partial charge in [0, 0.05) is 24.3 Å². The van der Waals surface area contributed by atoms with Gasteiger partial charge < -0.3 is 20.3 Å². The molecule has 0 aliphatic heterocycles. The molecule has 4 aromatic rings. The summed E-state index contributed by atoms with van der Waals surface area (Å²) >= 11 is 0. The monoisotopic (exact) mass is 501 g/mol. The van der Waals surface area contributed by atoms with E-state index in [0.29, 0.717) is 35.8 Å². The molecule has 37 heavy (non-hydrogen) atoms. The van der Waals surface area contributed by atoms with Crippen LogP contribution < -0.4 is 20.9 Å². The summed E-state index contributed by atoms with van der Waals surface area (Å²) in [6.45, 7) is 3.18. The number of rotatable bonds is 9. The predicted octanol–water partition coefficient (Wildman–Crippen LogP) is 4.51. The van der Waals surface area contributed by atoms with Crippen molar-refractivity contribution in [1.82, 2.24) is 20.0 Å². The van der Waals surface area contributed by atoms with E-state index in [1.165, 1.54) is 30.5 Å². The lowest BCUT2D eigenvalue weighted by Crippen LogP contribution is -2.31. The number of hydrogen-bond donors (Lipinski definition) is 2. The maximum absolute atomic E-state index is 13.5. The molecule has 0 saturated carbocycles. The Hall–Kier alpha value is -4.50. The van der Waals surface area contributed by atoms with Crippen LogP contribution >= 0.6 is 0 Å². The van der Waals surface area contributed by atoms with E-state index in [2.05, 4.69) is 15.7 Å². The molecular weight excluding hydrogens is 473 g/mol. The van der Waals surface area contributed by atoms with Crippen LogP contribution in [0, 0.1) is 12.7 Å². The zero-order valence-corrected chi connectivity index (χ0v) is 20.9. The predicted molar refractivity (Wildman–Crippen MR) is 142 cm³/mol. The summed E-state index contributed by atoms with van der Waals surface area (Å²) in [7, 11) is 3.86. The van der Waals surface area contributed by atoms with E-state index < -0.39 is 11.4 Å². The van der Waals surface area contributed by atoms with Crippen LogP contribution in [0.15, 0.2) is 83.8 Å². The number of aryl methyl sites for hydroxylation is 1. The highest BCUT2D eigenvalue weighted by atomic mass is 19.1. The number of anilines is 2. The van der Waals surface area contributed by atoms with E-state index in [0.717, 1.165) is 10.2 Å². The summed E-state index contributed by atoms with van der Waals surface area (Å²) in [4.78, 5) is 28.1. The molecule has 2 N–H and O–H groups in total. The molecule has 1 amide bonds. The molecule has 0 aliphatic rings. The first-order valence-corrected chi connectivity index (χ1v) is 11.7. The first-order valence-electron chi connectivity index (χ1n) is 11.7. The van der Waals surface area contributed by atoms with Crippen molar-refractivity contribution in [1.29, 1.82) is 0 Å². The van der Waals surface area contributed by atoms with Gasteiger partial charge in [0.2, 0.25) is 0 Å². The number of nitrogens with one attached hydrogen (secondary N) is 2. The highest BCUT2D eigenvalue weighted by Gasteiger charge is 2.16. The Kier molecular flexibility index (Phi) is 7.95. The van der Waals surface area contributed by atoms with Crippen LogP contribution in [0.1, 0.15) is 15.9 Å². The standard InChI is InChI=1S/C28H28FN5O3/c1-19-7-13-24(14-8-19)37-25-18-31-34(23-11-9-21(29)10-12-23)28(36)26(25)32-22-6-4-5-20(17-22)27(35)30-15-16-33(2)3/h4-14,17-18,32H,15-16H2,1-3H3,(H,30,35). The van der Waals surface area contributed by atoms with E-state index in [1.807, 2.05) is 38.1 Å². The minimum Gasteiger partial charge on any atom is -0.453 e. The van der Waals surface area contributed by atoms with Gasteiger partial charge in [-0.15, -0.1) is 0 Å². The summed E-state index contributed by atoms with van der Waals surface area (Å²) in [5.41, 5.74) is 2.03. The minimum atomic E-state index is -0.503. The van der Waals surface area contributed by atoms with Gasteiger partial charge in [-0.2, -0.15) is 9.78 Å². The summed E-state index contributed by atoms with van der Waals surface area (Å²) in [6.07, 6.45) is 1.42. The normalized spacial score (nSPS) is 10.8. The third-order valence-corrected chi connectivity index (χ3v) is 5.50. The van der Waals surface area contributed by atoms with Crippen molar-refractivity contribution in [2.24, 2.45) is 0 Å². The first kappa shape index (κ1) is 25.6. The molecule has 0 spiro atoms. The second kappa shape index (κ2) is 11.5. The summed E-state index contributed by atoms with van der Waals surface area (Å²) in [5, 5.41) is 10.2. The van der Waals surface area contributed by atoms with Gasteiger partial charge in [-0.25, -0.2) is 4.39 Å². The fourth-order valence-electron chi connectivity index (χ4n) is 3.51. The molecule has 9 heteroatoms. The maximum atomic E-state index is 13.5. The summed E-state index contributed by atoms with van der Waals surface area (Å²) < 4.78 is 20.6. The number of halogens is 1. The third kappa shape index (κ3) is 6.59. The van der Waals surface area contributed by atoms with Crippen molar-refractivity contribution in [2.45, 2.75) is 6.92 Å². The van der Waals surface area contributed by atoms with Crippen molar-refractivity contribution in [3.8, 4) is 17.2 Å². The molecule has 0 aliphatic carbocycles. The number of carbonyl (C=O) groups is 1. The second-order valence-electron chi connectivity index (χ2n) is 8.76. The van der Waals surface area contributed by atoms with Crippen LogP contribution in [0.3, 0.4) is 0 Å². The van der Waals surface area contributed by atoms with Gasteiger partial charge in [-0.05, 0) is 75.6 Å². The zero-order valence-electron chi connectivity index (χ0n) is 20.9.